The third-order valence-electron chi connectivity index (χ3n) is 4.33. The molecule has 0 fully saturated rings. The number of ether oxygens (including phenoxy) is 2. The highest BCUT2D eigenvalue weighted by Crippen LogP contribution is 2.26. The zero-order valence-corrected chi connectivity index (χ0v) is 15.4. The van der Waals surface area contributed by atoms with Gasteiger partial charge in [0.05, 0.1) is 17.2 Å². The molecule has 0 saturated heterocycles. The number of benzene rings is 1. The van der Waals surface area contributed by atoms with Crippen LogP contribution in [-0.2, 0) is 22.4 Å². The average Bonchev–Trinajstić information content (AvgIpc) is 2.98. The SMILES string of the molecule is CCCc1nc2cnc3ccccc3c2n1CCC(OCC)OCC. The number of aryl methyl sites for hydroxylation is 2. The van der Waals surface area contributed by atoms with Gasteiger partial charge in [-0.05, 0) is 26.3 Å². The quantitative estimate of drug-likeness (QED) is 0.544. The Hall–Kier alpha value is -1.98. The Morgan fingerprint density at radius 2 is 1.80 bits per heavy atom. The average molecular weight is 341 g/mol. The third kappa shape index (κ3) is 3.83. The van der Waals surface area contributed by atoms with E-state index < -0.39 is 0 Å². The van der Waals surface area contributed by atoms with Crippen molar-refractivity contribution in [1.29, 1.82) is 0 Å². The van der Waals surface area contributed by atoms with Crippen molar-refractivity contribution in [1.82, 2.24) is 14.5 Å². The van der Waals surface area contributed by atoms with Gasteiger partial charge in [0, 0.05) is 38.0 Å². The van der Waals surface area contributed by atoms with Crippen molar-refractivity contribution in [3.63, 3.8) is 0 Å². The Labute approximate surface area is 149 Å². The number of aromatic nitrogens is 3. The normalized spacial score (nSPS) is 11.8. The first kappa shape index (κ1) is 17.8. The minimum absolute atomic E-state index is 0.171. The number of nitrogens with zero attached hydrogens (tertiary/aromatic N) is 3. The molecule has 25 heavy (non-hydrogen) atoms. The van der Waals surface area contributed by atoms with E-state index in [-0.39, 0.29) is 6.29 Å². The summed E-state index contributed by atoms with van der Waals surface area (Å²) in [5.41, 5.74) is 3.14. The molecule has 0 atom stereocenters. The summed E-state index contributed by atoms with van der Waals surface area (Å²) in [4.78, 5) is 9.39. The summed E-state index contributed by atoms with van der Waals surface area (Å²) < 4.78 is 13.8. The summed E-state index contributed by atoms with van der Waals surface area (Å²) in [5.74, 6) is 1.11. The maximum atomic E-state index is 5.71. The second-order valence-electron chi connectivity index (χ2n) is 6.07. The monoisotopic (exact) mass is 341 g/mol. The molecule has 0 spiro atoms. The van der Waals surface area contributed by atoms with Crippen molar-refractivity contribution in [2.45, 2.75) is 52.9 Å². The van der Waals surface area contributed by atoms with E-state index >= 15 is 0 Å². The number of hydrogen-bond acceptors (Lipinski definition) is 4. The first-order chi connectivity index (χ1) is 12.3. The van der Waals surface area contributed by atoms with Gasteiger partial charge in [0.1, 0.15) is 11.3 Å². The van der Waals surface area contributed by atoms with Crippen LogP contribution in [0, 0.1) is 0 Å². The Balaban J connectivity index is 2.01. The van der Waals surface area contributed by atoms with Gasteiger partial charge >= 0.3 is 0 Å². The molecule has 0 aliphatic rings. The fourth-order valence-electron chi connectivity index (χ4n) is 3.29. The lowest BCUT2D eigenvalue weighted by molar-refractivity contribution is -0.140. The lowest BCUT2D eigenvalue weighted by Crippen LogP contribution is -2.20. The van der Waals surface area contributed by atoms with Crippen LogP contribution in [-0.4, -0.2) is 34.0 Å². The second kappa shape index (κ2) is 8.41. The summed E-state index contributed by atoms with van der Waals surface area (Å²) in [6, 6.07) is 8.26. The van der Waals surface area contributed by atoms with Crippen LogP contribution >= 0.6 is 0 Å². The van der Waals surface area contributed by atoms with Gasteiger partial charge in [-0.2, -0.15) is 0 Å². The van der Waals surface area contributed by atoms with Crippen molar-refractivity contribution in [2.24, 2.45) is 0 Å². The van der Waals surface area contributed by atoms with Crippen molar-refractivity contribution in [3.8, 4) is 0 Å². The number of imidazole rings is 1. The van der Waals surface area contributed by atoms with Crippen LogP contribution in [0.2, 0.25) is 0 Å². The molecular formula is C20H27N3O2. The number of para-hydroxylation sites is 1. The van der Waals surface area contributed by atoms with Crippen LogP contribution in [0.1, 0.15) is 39.4 Å². The van der Waals surface area contributed by atoms with Gasteiger partial charge in [-0.15, -0.1) is 0 Å². The maximum Gasteiger partial charge on any atom is 0.159 e. The van der Waals surface area contributed by atoms with Gasteiger partial charge in [-0.25, -0.2) is 4.98 Å². The molecule has 2 heterocycles. The van der Waals surface area contributed by atoms with Gasteiger partial charge < -0.3 is 14.0 Å². The van der Waals surface area contributed by atoms with Gasteiger partial charge in [-0.1, -0.05) is 25.1 Å². The highest BCUT2D eigenvalue weighted by Gasteiger charge is 2.16. The molecule has 0 saturated carbocycles. The highest BCUT2D eigenvalue weighted by atomic mass is 16.7. The molecule has 5 nitrogen and oxygen atoms in total. The molecule has 2 aromatic heterocycles. The van der Waals surface area contributed by atoms with Gasteiger partial charge in [-0.3, -0.25) is 4.98 Å². The highest BCUT2D eigenvalue weighted by molar-refractivity contribution is 6.02. The largest absolute Gasteiger partial charge is 0.353 e. The van der Waals surface area contributed by atoms with Crippen LogP contribution in [0.25, 0.3) is 21.9 Å². The second-order valence-corrected chi connectivity index (χ2v) is 6.07. The Bertz CT molecular complexity index is 822. The number of pyridine rings is 1. The predicted molar refractivity (Wildman–Crippen MR) is 101 cm³/mol. The summed E-state index contributed by atoms with van der Waals surface area (Å²) in [6.07, 6.45) is 4.54. The summed E-state index contributed by atoms with van der Waals surface area (Å²) in [6.45, 7) is 8.32. The van der Waals surface area contributed by atoms with Gasteiger partial charge in [0.25, 0.3) is 0 Å². The fourth-order valence-corrected chi connectivity index (χ4v) is 3.29. The standard InChI is InChI=1S/C20H27N3O2/c1-4-9-18-22-17-14-21-16-11-8-7-10-15(16)20(17)23(18)13-12-19(24-5-2)25-6-3/h7-8,10-11,14,19H,4-6,9,12-13H2,1-3H3. The van der Waals surface area contributed by atoms with Crippen LogP contribution in [0.3, 0.4) is 0 Å². The molecule has 5 heteroatoms. The summed E-state index contributed by atoms with van der Waals surface area (Å²) in [7, 11) is 0. The molecule has 1 aromatic carbocycles. The minimum atomic E-state index is -0.171. The van der Waals surface area contributed by atoms with E-state index in [1.807, 2.05) is 26.1 Å². The Kier molecular flexibility index (Phi) is 6.00. The van der Waals surface area contributed by atoms with Crippen LogP contribution in [0.4, 0.5) is 0 Å². The Morgan fingerprint density at radius 1 is 1.04 bits per heavy atom. The molecule has 134 valence electrons. The maximum absolute atomic E-state index is 5.71. The van der Waals surface area contributed by atoms with Crippen LogP contribution in [0.5, 0.6) is 0 Å². The summed E-state index contributed by atoms with van der Waals surface area (Å²) in [5, 5.41) is 1.15. The smallest absolute Gasteiger partial charge is 0.159 e. The van der Waals surface area contributed by atoms with E-state index in [4.69, 9.17) is 14.5 Å². The first-order valence-corrected chi connectivity index (χ1v) is 9.24. The number of hydrogen-bond donors (Lipinski definition) is 0. The number of rotatable bonds is 9. The lowest BCUT2D eigenvalue weighted by atomic mass is 10.2. The summed E-state index contributed by atoms with van der Waals surface area (Å²) >= 11 is 0. The van der Waals surface area contributed by atoms with E-state index in [1.54, 1.807) is 0 Å². The molecule has 0 unspecified atom stereocenters. The molecule has 0 N–H and O–H groups in total. The van der Waals surface area contributed by atoms with Gasteiger partial charge in [0.2, 0.25) is 0 Å². The van der Waals surface area contributed by atoms with Crippen molar-refractivity contribution < 1.29 is 9.47 Å². The molecule has 3 aromatic rings. The molecule has 0 aliphatic heterocycles. The minimum Gasteiger partial charge on any atom is -0.353 e. The van der Waals surface area contributed by atoms with Crippen LogP contribution < -0.4 is 0 Å². The van der Waals surface area contributed by atoms with E-state index in [1.165, 1.54) is 5.52 Å². The van der Waals surface area contributed by atoms with Gasteiger partial charge in [0.15, 0.2) is 6.29 Å². The number of fused-ring (bicyclic) bond motifs is 3. The third-order valence-corrected chi connectivity index (χ3v) is 4.33. The molecule has 3 rings (SSSR count). The lowest BCUT2D eigenvalue weighted by Gasteiger charge is -2.18. The topological polar surface area (TPSA) is 49.2 Å². The molecule has 0 aliphatic carbocycles. The zero-order valence-electron chi connectivity index (χ0n) is 15.4. The van der Waals surface area contributed by atoms with Crippen molar-refractivity contribution in [3.05, 3.63) is 36.3 Å². The van der Waals surface area contributed by atoms with E-state index in [0.717, 1.165) is 48.1 Å². The molecule has 0 radical (unpaired) electrons. The van der Waals surface area contributed by atoms with Crippen molar-refractivity contribution >= 4 is 21.9 Å². The van der Waals surface area contributed by atoms with Crippen LogP contribution in [0.15, 0.2) is 30.5 Å². The fraction of sp³-hybridized carbons (Fsp3) is 0.500. The Morgan fingerprint density at radius 3 is 2.52 bits per heavy atom. The van der Waals surface area contributed by atoms with E-state index in [9.17, 15) is 0 Å². The predicted octanol–water partition coefficient (Wildman–Crippen LogP) is 4.33. The zero-order chi connectivity index (χ0) is 17.6. The molecule has 0 bridgehead atoms. The molecule has 0 amide bonds. The first-order valence-electron chi connectivity index (χ1n) is 9.24. The van der Waals surface area contributed by atoms with E-state index in [0.29, 0.717) is 13.2 Å². The van der Waals surface area contributed by atoms with E-state index in [2.05, 4.69) is 34.7 Å². The van der Waals surface area contributed by atoms with Crippen molar-refractivity contribution in [2.75, 3.05) is 13.2 Å². The molecular weight excluding hydrogens is 314 g/mol.